The first kappa shape index (κ1) is 30.9. The Hall–Kier alpha value is -1.62. The zero-order chi connectivity index (χ0) is 28.4. The summed E-state index contributed by atoms with van der Waals surface area (Å²) in [7, 11) is -4.46. The summed E-state index contributed by atoms with van der Waals surface area (Å²) < 4.78 is 39.8. The van der Waals surface area contributed by atoms with Crippen LogP contribution in [0.4, 0.5) is 0 Å². The van der Waals surface area contributed by atoms with Gasteiger partial charge in [-0.25, -0.2) is 4.79 Å². The van der Waals surface area contributed by atoms with Gasteiger partial charge in [-0.3, -0.25) is 19.1 Å². The fourth-order valence-electron chi connectivity index (χ4n) is 5.53. The second-order valence-electron chi connectivity index (χ2n) is 11.3. The molecule has 0 spiro atoms. The van der Waals surface area contributed by atoms with Gasteiger partial charge in [0, 0.05) is 12.3 Å². The third-order valence-corrected chi connectivity index (χ3v) is 17.8. The van der Waals surface area contributed by atoms with Crippen molar-refractivity contribution in [1.29, 1.82) is 0 Å². The molecule has 13 heteroatoms. The number of aromatic amines is 1. The smallest absolute Gasteiger partial charge is 0.335 e. The first-order valence-corrected chi connectivity index (χ1v) is 17.4. The molecule has 3 rings (SSSR count). The fraction of sp³-hybridized carbons (Fsp3) is 0.800. The molecular formula is C25H44N2O9Si2. The number of methoxy groups -OCH3 is 1. The number of carbonyl (C=O) groups excluding carboxylic acids is 1. The van der Waals surface area contributed by atoms with E-state index in [1.54, 1.807) is 0 Å². The molecule has 0 amide bonds. The van der Waals surface area contributed by atoms with Gasteiger partial charge in [0.2, 0.25) is 0 Å². The number of aromatic nitrogens is 2. The van der Waals surface area contributed by atoms with Crippen molar-refractivity contribution < 1.29 is 32.0 Å². The van der Waals surface area contributed by atoms with Gasteiger partial charge < -0.3 is 27.2 Å². The van der Waals surface area contributed by atoms with E-state index in [9.17, 15) is 14.4 Å². The van der Waals surface area contributed by atoms with E-state index in [1.165, 1.54) is 23.9 Å². The number of rotatable bonds is 9. The van der Waals surface area contributed by atoms with E-state index >= 15 is 0 Å². The molecule has 0 bridgehead atoms. The number of carbonyl (C=O) groups is 1. The minimum atomic E-state index is -2.99. The van der Waals surface area contributed by atoms with Crippen molar-refractivity contribution in [3.8, 4) is 0 Å². The van der Waals surface area contributed by atoms with Gasteiger partial charge in [-0.05, 0) is 22.2 Å². The van der Waals surface area contributed by atoms with Crippen molar-refractivity contribution in [2.45, 2.75) is 109 Å². The number of nitrogens with one attached hydrogen (secondary N) is 1. The summed E-state index contributed by atoms with van der Waals surface area (Å²) in [5, 5.41) is 0. The van der Waals surface area contributed by atoms with Crippen LogP contribution in [0.25, 0.3) is 0 Å². The summed E-state index contributed by atoms with van der Waals surface area (Å²) in [4.78, 5) is 38.6. The Morgan fingerprint density at radius 2 is 1.66 bits per heavy atom. The quantitative estimate of drug-likeness (QED) is 0.350. The molecule has 4 atom stereocenters. The van der Waals surface area contributed by atoms with Crippen LogP contribution in [0.5, 0.6) is 0 Å². The van der Waals surface area contributed by atoms with Gasteiger partial charge in [-0.2, -0.15) is 0 Å². The Labute approximate surface area is 226 Å². The largest absolute Gasteiger partial charge is 0.469 e. The van der Waals surface area contributed by atoms with E-state index in [0.717, 1.165) is 0 Å². The zero-order valence-electron chi connectivity index (χ0n) is 24.0. The van der Waals surface area contributed by atoms with Crippen LogP contribution in [0.2, 0.25) is 22.2 Å². The first-order chi connectivity index (χ1) is 17.8. The van der Waals surface area contributed by atoms with Gasteiger partial charge in [0.25, 0.3) is 5.56 Å². The molecule has 11 nitrogen and oxygen atoms in total. The monoisotopic (exact) mass is 572 g/mol. The molecule has 2 fully saturated rings. The molecule has 0 unspecified atom stereocenters. The van der Waals surface area contributed by atoms with Crippen molar-refractivity contribution in [2.24, 2.45) is 0 Å². The second kappa shape index (κ2) is 12.3. The second-order valence-corrected chi connectivity index (χ2v) is 20.1. The summed E-state index contributed by atoms with van der Waals surface area (Å²) in [5.74, 6) is -0.416. The Morgan fingerprint density at radius 3 is 2.18 bits per heavy atom. The van der Waals surface area contributed by atoms with Gasteiger partial charge in [-0.1, -0.05) is 55.4 Å². The Balaban J connectivity index is 2.11. The highest BCUT2D eigenvalue weighted by atomic mass is 28.5. The number of H-pyrrole nitrogens is 1. The number of ether oxygens (including phenoxy) is 3. The van der Waals surface area contributed by atoms with Crippen molar-refractivity contribution in [1.82, 2.24) is 9.55 Å². The minimum Gasteiger partial charge on any atom is -0.469 e. The van der Waals surface area contributed by atoms with Crippen molar-refractivity contribution >= 4 is 23.1 Å². The lowest BCUT2D eigenvalue weighted by Gasteiger charge is -2.51. The topological polar surface area (TPSA) is 127 Å². The number of esters is 1. The molecule has 38 heavy (non-hydrogen) atoms. The molecule has 216 valence electrons. The molecule has 1 aromatic heterocycles. The van der Waals surface area contributed by atoms with E-state index in [0.29, 0.717) is 0 Å². The lowest BCUT2D eigenvalue weighted by molar-refractivity contribution is -0.143. The van der Waals surface area contributed by atoms with Gasteiger partial charge in [0.1, 0.15) is 18.3 Å². The van der Waals surface area contributed by atoms with Crippen LogP contribution in [0.3, 0.4) is 0 Å². The van der Waals surface area contributed by atoms with E-state index < -0.39 is 58.9 Å². The molecule has 2 aliphatic heterocycles. The van der Waals surface area contributed by atoms with Crippen molar-refractivity contribution in [3.05, 3.63) is 33.1 Å². The first-order valence-electron chi connectivity index (χ1n) is 13.5. The summed E-state index contributed by atoms with van der Waals surface area (Å²) >= 11 is 0. The Morgan fingerprint density at radius 1 is 1.05 bits per heavy atom. The van der Waals surface area contributed by atoms with Crippen molar-refractivity contribution in [2.75, 3.05) is 20.3 Å². The molecule has 2 aliphatic rings. The fourth-order valence-corrected chi connectivity index (χ4v) is 16.7. The SMILES string of the molecule is COC(=O)CCO[C@@H]1[C@@H]2O[Si](C(C)C)(C(C)C)O[Si](C(C)C)(C(C)C)OC[C@H]2O[C@H]1n1ccc(=O)[nH]c1=O. The molecule has 0 aliphatic carbocycles. The van der Waals surface area contributed by atoms with Crippen LogP contribution in [0, 0.1) is 0 Å². The Kier molecular flexibility index (Phi) is 9.99. The molecule has 0 radical (unpaired) electrons. The van der Waals surface area contributed by atoms with E-state index in [1.807, 2.05) is 0 Å². The normalized spacial score (nSPS) is 27.0. The maximum Gasteiger partial charge on any atom is 0.335 e. The van der Waals surface area contributed by atoms with E-state index in [2.05, 4.69) is 60.4 Å². The van der Waals surface area contributed by atoms with Gasteiger partial charge >= 0.3 is 28.8 Å². The summed E-state index contributed by atoms with van der Waals surface area (Å²) in [6, 6.07) is 1.26. The average molecular weight is 573 g/mol. The van der Waals surface area contributed by atoms with Crippen molar-refractivity contribution in [3.63, 3.8) is 0 Å². The third-order valence-electron chi connectivity index (χ3n) is 7.59. The molecule has 1 aromatic rings. The molecular weight excluding hydrogens is 528 g/mol. The van der Waals surface area contributed by atoms with E-state index in [-0.39, 0.29) is 41.8 Å². The van der Waals surface area contributed by atoms with Gasteiger partial charge in [0.05, 0.1) is 26.7 Å². The van der Waals surface area contributed by atoms with Crippen LogP contribution >= 0.6 is 0 Å². The predicted octanol–water partition coefficient (Wildman–Crippen LogP) is 3.34. The molecule has 2 saturated heterocycles. The minimum absolute atomic E-state index is 0.0261. The van der Waals surface area contributed by atoms with Crippen LogP contribution in [-0.2, 0) is 32.0 Å². The highest BCUT2D eigenvalue weighted by Gasteiger charge is 2.62. The van der Waals surface area contributed by atoms with Gasteiger partial charge in [0.15, 0.2) is 6.23 Å². The summed E-state index contributed by atoms with van der Waals surface area (Å²) in [5.41, 5.74) is -0.641. The maximum atomic E-state index is 12.8. The maximum absolute atomic E-state index is 12.8. The summed E-state index contributed by atoms with van der Waals surface area (Å²) in [6.07, 6.45) is -1.45. The van der Waals surface area contributed by atoms with Crippen LogP contribution < -0.4 is 11.2 Å². The standard InChI is InChI=1S/C25H44N2O9Si2/c1-15(2)37(16(3)4)33-14-19-22(35-38(36-37,17(5)6)18(7)8)23(32-13-11-21(29)31-9)24(34-19)27-12-10-20(28)26-25(27)30/h10,12,15-19,22-24H,11,13-14H2,1-9H3,(H,26,28,30)/t19-,22-,23-,24-/m1/s1. The third kappa shape index (κ3) is 5.93. The zero-order valence-corrected chi connectivity index (χ0v) is 26.0. The molecule has 0 aromatic carbocycles. The van der Waals surface area contributed by atoms with Crippen LogP contribution in [0.1, 0.15) is 68.0 Å². The number of fused-ring (bicyclic) bond motifs is 1. The molecule has 0 saturated carbocycles. The predicted molar refractivity (Wildman–Crippen MR) is 145 cm³/mol. The molecule has 1 N–H and O–H groups in total. The summed E-state index contributed by atoms with van der Waals surface area (Å²) in [6.45, 7) is 17.3. The number of hydrogen-bond acceptors (Lipinski definition) is 9. The van der Waals surface area contributed by atoms with Crippen LogP contribution in [-0.4, -0.2) is 71.3 Å². The molecule has 3 heterocycles. The lowest BCUT2D eigenvalue weighted by atomic mass is 10.1. The lowest BCUT2D eigenvalue weighted by Crippen LogP contribution is -2.66. The highest BCUT2D eigenvalue weighted by Crippen LogP contribution is 2.48. The van der Waals surface area contributed by atoms with Gasteiger partial charge in [-0.15, -0.1) is 0 Å². The van der Waals surface area contributed by atoms with Crippen LogP contribution in [0.15, 0.2) is 21.9 Å². The number of nitrogens with zero attached hydrogens (tertiary/aromatic N) is 1. The van der Waals surface area contributed by atoms with E-state index in [4.69, 9.17) is 27.2 Å². The number of hydrogen-bond donors (Lipinski definition) is 1. The Bertz CT molecular complexity index is 1060. The highest BCUT2D eigenvalue weighted by molar-refractivity contribution is 6.84. The average Bonchev–Trinajstić information content (AvgIpc) is 3.14.